The van der Waals surface area contributed by atoms with Crippen LogP contribution in [0.15, 0.2) is 30.5 Å². The number of hydrogen-bond donors (Lipinski definition) is 2. The molecule has 1 aliphatic rings. The van der Waals surface area contributed by atoms with E-state index >= 15 is 0 Å². The molecule has 0 radical (unpaired) electrons. The van der Waals surface area contributed by atoms with Crippen LogP contribution in [0.4, 0.5) is 11.4 Å². The summed E-state index contributed by atoms with van der Waals surface area (Å²) in [4.78, 5) is 16.1. The van der Waals surface area contributed by atoms with Crippen LogP contribution in [-0.4, -0.2) is 16.4 Å². The highest BCUT2D eigenvalue weighted by Crippen LogP contribution is 2.35. The maximum Gasteiger partial charge on any atom is 0.249 e. The van der Waals surface area contributed by atoms with E-state index in [1.807, 2.05) is 38.1 Å². The van der Waals surface area contributed by atoms with Crippen LogP contribution in [0.5, 0.6) is 0 Å². The first-order valence-electron chi connectivity index (χ1n) is 5.55. The number of nitrogens with one attached hydrogen (secondary N) is 2. The predicted octanol–water partition coefficient (Wildman–Crippen LogP) is 2.38. The molecular formula is C13H13N3O. The number of aromatic nitrogens is 1. The van der Waals surface area contributed by atoms with Gasteiger partial charge in [0.1, 0.15) is 5.54 Å². The molecule has 86 valence electrons. The number of benzene rings is 1. The van der Waals surface area contributed by atoms with Crippen LogP contribution >= 0.6 is 0 Å². The highest BCUT2D eigenvalue weighted by Gasteiger charge is 2.33. The molecule has 4 nitrogen and oxygen atoms in total. The zero-order chi connectivity index (χ0) is 12.0. The minimum Gasteiger partial charge on any atom is -0.369 e. The Labute approximate surface area is 99.0 Å². The molecule has 0 saturated heterocycles. The summed E-state index contributed by atoms with van der Waals surface area (Å²) in [5.74, 6) is -0.0397. The van der Waals surface area contributed by atoms with Crippen LogP contribution in [0, 0.1) is 0 Å². The molecule has 17 heavy (non-hydrogen) atoms. The van der Waals surface area contributed by atoms with E-state index in [0.29, 0.717) is 0 Å². The fourth-order valence-corrected chi connectivity index (χ4v) is 2.02. The average Bonchev–Trinajstić information content (AvgIpc) is 2.31. The first kappa shape index (κ1) is 10.1. The molecule has 4 heteroatoms. The van der Waals surface area contributed by atoms with Crippen LogP contribution < -0.4 is 10.6 Å². The number of nitrogens with zero attached hydrogens (tertiary/aromatic N) is 1. The molecule has 0 unspecified atom stereocenters. The van der Waals surface area contributed by atoms with Crippen LogP contribution in [-0.2, 0) is 4.79 Å². The second-order valence-electron chi connectivity index (χ2n) is 4.77. The molecule has 1 aromatic heterocycles. The fraction of sp³-hybridized carbons (Fsp3) is 0.231. The van der Waals surface area contributed by atoms with E-state index in [0.717, 1.165) is 22.3 Å². The molecule has 1 amide bonds. The monoisotopic (exact) mass is 227 g/mol. The Morgan fingerprint density at radius 1 is 1.24 bits per heavy atom. The van der Waals surface area contributed by atoms with Crippen molar-refractivity contribution in [1.82, 2.24) is 4.98 Å². The molecule has 2 N–H and O–H groups in total. The molecule has 0 fully saturated rings. The van der Waals surface area contributed by atoms with Gasteiger partial charge >= 0.3 is 0 Å². The second kappa shape index (κ2) is 3.20. The van der Waals surface area contributed by atoms with Crippen molar-refractivity contribution in [3.63, 3.8) is 0 Å². The molecule has 0 atom stereocenters. The number of fused-ring (bicyclic) bond motifs is 3. The SMILES string of the molecule is CC1(C)Nc2c(cnc3ccccc23)NC1=O. The first-order valence-corrected chi connectivity index (χ1v) is 5.55. The van der Waals surface area contributed by atoms with Gasteiger partial charge in [-0.25, -0.2) is 0 Å². The van der Waals surface area contributed by atoms with E-state index in [4.69, 9.17) is 0 Å². The minimum absolute atomic E-state index is 0.0397. The van der Waals surface area contributed by atoms with Crippen molar-refractivity contribution in [3.8, 4) is 0 Å². The number of carbonyl (C=O) groups is 1. The lowest BCUT2D eigenvalue weighted by atomic mass is 9.99. The van der Waals surface area contributed by atoms with E-state index in [1.54, 1.807) is 6.20 Å². The van der Waals surface area contributed by atoms with Crippen molar-refractivity contribution in [2.24, 2.45) is 0 Å². The number of pyridine rings is 1. The second-order valence-corrected chi connectivity index (χ2v) is 4.77. The Hall–Kier alpha value is -2.10. The number of amides is 1. The number of carbonyl (C=O) groups excluding carboxylic acids is 1. The number of hydrogen-bond acceptors (Lipinski definition) is 3. The van der Waals surface area contributed by atoms with Crippen molar-refractivity contribution < 1.29 is 4.79 Å². The Morgan fingerprint density at radius 2 is 2.00 bits per heavy atom. The quantitative estimate of drug-likeness (QED) is 0.726. The van der Waals surface area contributed by atoms with Crippen LogP contribution in [0.3, 0.4) is 0 Å². The van der Waals surface area contributed by atoms with Crippen molar-refractivity contribution in [2.75, 3.05) is 10.6 Å². The summed E-state index contributed by atoms with van der Waals surface area (Å²) in [5.41, 5.74) is 2.01. The van der Waals surface area contributed by atoms with E-state index in [2.05, 4.69) is 15.6 Å². The van der Waals surface area contributed by atoms with E-state index < -0.39 is 5.54 Å². The van der Waals surface area contributed by atoms with Crippen molar-refractivity contribution in [1.29, 1.82) is 0 Å². The largest absolute Gasteiger partial charge is 0.369 e. The van der Waals surface area contributed by atoms with Gasteiger partial charge in [-0.2, -0.15) is 0 Å². The summed E-state index contributed by atoms with van der Waals surface area (Å²) in [5, 5.41) is 7.18. The Kier molecular flexibility index (Phi) is 1.90. The third-order valence-electron chi connectivity index (χ3n) is 3.03. The lowest BCUT2D eigenvalue weighted by Gasteiger charge is -2.33. The standard InChI is InChI=1S/C13H13N3O/c1-13(2)12(17)15-10-7-14-9-6-4-3-5-8(9)11(10)16-13/h3-7,16H,1-2H3,(H,15,17). The van der Waals surface area contributed by atoms with E-state index in [9.17, 15) is 4.79 Å². The number of anilines is 2. The molecule has 2 heterocycles. The third kappa shape index (κ3) is 1.45. The zero-order valence-corrected chi connectivity index (χ0v) is 9.74. The molecule has 1 aromatic carbocycles. The van der Waals surface area contributed by atoms with Gasteiger partial charge in [0.25, 0.3) is 0 Å². The van der Waals surface area contributed by atoms with E-state index in [1.165, 1.54) is 0 Å². The molecule has 0 aliphatic carbocycles. The minimum atomic E-state index is -0.600. The third-order valence-corrected chi connectivity index (χ3v) is 3.03. The fourth-order valence-electron chi connectivity index (χ4n) is 2.02. The molecule has 0 bridgehead atoms. The maximum absolute atomic E-state index is 11.8. The first-order chi connectivity index (χ1) is 8.08. The highest BCUT2D eigenvalue weighted by molar-refractivity contribution is 6.11. The van der Waals surface area contributed by atoms with Crippen molar-refractivity contribution in [3.05, 3.63) is 30.5 Å². The number of rotatable bonds is 0. The molecule has 1 aliphatic heterocycles. The van der Waals surface area contributed by atoms with Gasteiger partial charge < -0.3 is 10.6 Å². The van der Waals surface area contributed by atoms with Gasteiger partial charge in [-0.3, -0.25) is 9.78 Å². The highest BCUT2D eigenvalue weighted by atomic mass is 16.2. The van der Waals surface area contributed by atoms with Crippen molar-refractivity contribution >= 4 is 28.2 Å². The van der Waals surface area contributed by atoms with Crippen molar-refractivity contribution in [2.45, 2.75) is 19.4 Å². The smallest absolute Gasteiger partial charge is 0.249 e. The lowest BCUT2D eigenvalue weighted by molar-refractivity contribution is -0.119. The average molecular weight is 227 g/mol. The summed E-state index contributed by atoms with van der Waals surface area (Å²) in [6, 6.07) is 7.88. The number of para-hydroxylation sites is 1. The summed E-state index contributed by atoms with van der Waals surface area (Å²) >= 11 is 0. The van der Waals surface area contributed by atoms with Gasteiger partial charge in [0.15, 0.2) is 0 Å². The van der Waals surface area contributed by atoms with E-state index in [-0.39, 0.29) is 5.91 Å². The normalized spacial score (nSPS) is 17.2. The molecule has 0 spiro atoms. The van der Waals surface area contributed by atoms with Gasteiger partial charge in [0.2, 0.25) is 5.91 Å². The molecular weight excluding hydrogens is 214 g/mol. The topological polar surface area (TPSA) is 54.0 Å². The van der Waals surface area contributed by atoms with Crippen LogP contribution in [0.1, 0.15) is 13.8 Å². The molecule has 0 saturated carbocycles. The predicted molar refractivity (Wildman–Crippen MR) is 68.1 cm³/mol. The summed E-state index contributed by atoms with van der Waals surface area (Å²) in [6.07, 6.45) is 1.69. The van der Waals surface area contributed by atoms with Gasteiger partial charge in [-0.15, -0.1) is 0 Å². The van der Waals surface area contributed by atoms with Gasteiger partial charge in [0, 0.05) is 5.39 Å². The Balaban J connectivity index is 2.27. The van der Waals surface area contributed by atoms with Crippen LogP contribution in [0.25, 0.3) is 10.9 Å². The summed E-state index contributed by atoms with van der Waals surface area (Å²) < 4.78 is 0. The van der Waals surface area contributed by atoms with Gasteiger partial charge in [-0.1, -0.05) is 18.2 Å². The van der Waals surface area contributed by atoms with Gasteiger partial charge in [-0.05, 0) is 19.9 Å². The Bertz CT molecular complexity index is 619. The summed E-state index contributed by atoms with van der Waals surface area (Å²) in [6.45, 7) is 3.72. The van der Waals surface area contributed by atoms with Gasteiger partial charge in [0.05, 0.1) is 23.1 Å². The molecule has 3 rings (SSSR count). The lowest BCUT2D eigenvalue weighted by Crippen LogP contribution is -2.47. The molecule has 2 aromatic rings. The maximum atomic E-state index is 11.8. The van der Waals surface area contributed by atoms with Crippen LogP contribution in [0.2, 0.25) is 0 Å². The Morgan fingerprint density at radius 3 is 2.82 bits per heavy atom. The summed E-state index contributed by atoms with van der Waals surface area (Å²) in [7, 11) is 0. The zero-order valence-electron chi connectivity index (χ0n) is 9.74.